The molecule has 4 heterocycles. The van der Waals surface area contributed by atoms with Crippen LogP contribution in [-0.4, -0.2) is 63.7 Å². The fourth-order valence-corrected chi connectivity index (χ4v) is 6.04. The highest BCUT2D eigenvalue weighted by atomic mass is 32.1. The van der Waals surface area contributed by atoms with Crippen LogP contribution in [0.3, 0.4) is 0 Å². The number of aromatic nitrogens is 5. The third-order valence-electron chi connectivity index (χ3n) is 7.28. The molecule has 0 amide bonds. The molecule has 1 saturated heterocycles. The summed E-state index contributed by atoms with van der Waals surface area (Å²) in [6, 6.07) is 2.90. The maximum Gasteiger partial charge on any atom is 0.226 e. The number of nitrogens with one attached hydrogen (secondary N) is 3. The van der Waals surface area contributed by atoms with Gasteiger partial charge in [-0.2, -0.15) is 4.98 Å². The number of fused-ring (bicyclic) bond motifs is 1. The molecule has 0 aromatic carbocycles. The Morgan fingerprint density at radius 2 is 1.78 bits per heavy atom. The molecule has 0 spiro atoms. The van der Waals surface area contributed by atoms with Crippen LogP contribution in [-0.2, 0) is 13.1 Å². The van der Waals surface area contributed by atoms with Gasteiger partial charge in [0, 0.05) is 25.7 Å². The van der Waals surface area contributed by atoms with Crippen LogP contribution in [0.2, 0.25) is 0 Å². The van der Waals surface area contributed by atoms with Crippen molar-refractivity contribution in [2.75, 3.05) is 42.9 Å². The lowest BCUT2D eigenvalue weighted by atomic mass is 9.95. The molecule has 0 bridgehead atoms. The predicted octanol–water partition coefficient (Wildman–Crippen LogP) is 4.18. The number of nitrogens with zero attached hydrogens (tertiary/aromatic N) is 6. The number of hydrogen-bond donors (Lipinski definition) is 3. The molecule has 0 radical (unpaired) electrons. The van der Waals surface area contributed by atoms with Crippen LogP contribution in [0.15, 0.2) is 17.6 Å². The molecule has 10 heteroatoms. The van der Waals surface area contributed by atoms with E-state index in [0.717, 1.165) is 73.5 Å². The Balaban J connectivity index is 1.01. The van der Waals surface area contributed by atoms with E-state index in [-0.39, 0.29) is 0 Å². The van der Waals surface area contributed by atoms with Crippen molar-refractivity contribution in [3.05, 3.63) is 23.3 Å². The summed E-state index contributed by atoms with van der Waals surface area (Å²) >= 11 is 1.67. The van der Waals surface area contributed by atoms with E-state index in [2.05, 4.69) is 42.6 Å². The van der Waals surface area contributed by atoms with Crippen molar-refractivity contribution in [3.63, 3.8) is 0 Å². The number of piperidine rings is 1. The van der Waals surface area contributed by atoms with Gasteiger partial charge < -0.3 is 20.9 Å². The lowest BCUT2D eigenvalue weighted by Crippen LogP contribution is -2.33. The van der Waals surface area contributed by atoms with E-state index >= 15 is 0 Å². The number of aryl methyl sites for hydroxylation is 1. The monoisotopic (exact) mass is 511 g/mol. The average molecular weight is 512 g/mol. The van der Waals surface area contributed by atoms with Gasteiger partial charge in [0.25, 0.3) is 0 Å². The van der Waals surface area contributed by atoms with Gasteiger partial charge >= 0.3 is 0 Å². The van der Waals surface area contributed by atoms with Crippen LogP contribution >= 0.6 is 11.3 Å². The fraction of sp³-hybridized carbons (Fsp3) is 0.692. The lowest BCUT2D eigenvalue weighted by molar-refractivity contribution is 0.371. The minimum atomic E-state index is 0.572. The van der Waals surface area contributed by atoms with Crippen LogP contribution in [0.25, 0.3) is 10.2 Å². The summed E-state index contributed by atoms with van der Waals surface area (Å²) in [5.74, 6) is 1.73. The smallest absolute Gasteiger partial charge is 0.226 e. The van der Waals surface area contributed by atoms with E-state index in [9.17, 15) is 0 Å². The van der Waals surface area contributed by atoms with Crippen molar-refractivity contribution in [1.29, 1.82) is 0 Å². The summed E-state index contributed by atoms with van der Waals surface area (Å²) in [7, 11) is 0. The van der Waals surface area contributed by atoms with E-state index in [4.69, 9.17) is 9.97 Å². The second-order valence-corrected chi connectivity index (χ2v) is 11.0. The SMILES string of the molecule is c1cc2c(N3CCCCC3)nc(NCc3cn(CCCNCCCNC4CCCCC4)nn3)nc2s1. The van der Waals surface area contributed by atoms with Gasteiger partial charge in [-0.1, -0.05) is 24.5 Å². The molecule has 1 saturated carbocycles. The van der Waals surface area contributed by atoms with Crippen LogP contribution in [0.5, 0.6) is 0 Å². The first-order chi connectivity index (χ1) is 17.8. The van der Waals surface area contributed by atoms with Crippen molar-refractivity contribution in [2.45, 2.75) is 83.3 Å². The number of rotatable bonds is 13. The first-order valence-electron chi connectivity index (χ1n) is 13.9. The zero-order valence-corrected chi connectivity index (χ0v) is 22.2. The molecule has 1 aliphatic carbocycles. The summed E-state index contributed by atoms with van der Waals surface area (Å²) in [6.07, 6.45) is 15.0. The molecule has 2 aliphatic rings. The van der Waals surface area contributed by atoms with E-state index in [1.54, 1.807) is 11.3 Å². The van der Waals surface area contributed by atoms with Crippen molar-refractivity contribution >= 4 is 33.3 Å². The molecule has 196 valence electrons. The van der Waals surface area contributed by atoms with Crippen molar-refractivity contribution in [3.8, 4) is 0 Å². The van der Waals surface area contributed by atoms with Crippen LogP contribution in [0, 0.1) is 0 Å². The summed E-state index contributed by atoms with van der Waals surface area (Å²) < 4.78 is 1.94. The van der Waals surface area contributed by atoms with Gasteiger partial charge in [-0.3, -0.25) is 4.68 Å². The van der Waals surface area contributed by atoms with Gasteiger partial charge in [0.15, 0.2) is 0 Å². The van der Waals surface area contributed by atoms with Gasteiger partial charge in [0.1, 0.15) is 16.3 Å². The van der Waals surface area contributed by atoms with Gasteiger partial charge in [0.05, 0.1) is 18.1 Å². The molecule has 5 rings (SSSR count). The summed E-state index contributed by atoms with van der Waals surface area (Å²) in [4.78, 5) is 13.1. The molecule has 9 nitrogen and oxygen atoms in total. The maximum absolute atomic E-state index is 4.88. The normalized spacial score (nSPS) is 17.2. The van der Waals surface area contributed by atoms with Crippen LogP contribution < -0.4 is 20.9 Å². The second-order valence-electron chi connectivity index (χ2n) is 10.1. The van der Waals surface area contributed by atoms with Crippen LogP contribution in [0.1, 0.15) is 69.9 Å². The molecular formula is C26H41N9S. The first kappa shape index (κ1) is 25.4. The second kappa shape index (κ2) is 13.3. The Bertz CT molecular complexity index is 1050. The standard InChI is InChI=1S/C26H41N9S/c1-3-9-21(10-4-1)28-14-7-12-27-13-8-17-35-20-22(32-33-35)19-29-26-30-24(34-15-5-2-6-16-34)23-11-18-36-25(23)31-26/h11,18,20-21,27-28H,1-10,12-17,19H2,(H,29,30,31). The Hall–Kier alpha value is -2.30. The fourth-order valence-electron chi connectivity index (χ4n) is 5.28. The van der Waals surface area contributed by atoms with Crippen molar-refractivity contribution in [1.82, 2.24) is 35.6 Å². The Morgan fingerprint density at radius 1 is 0.944 bits per heavy atom. The highest BCUT2D eigenvalue weighted by Crippen LogP contribution is 2.30. The highest BCUT2D eigenvalue weighted by molar-refractivity contribution is 7.16. The van der Waals surface area contributed by atoms with Gasteiger partial charge in [-0.05, 0) is 76.0 Å². The molecule has 0 atom stereocenters. The summed E-state index contributed by atoms with van der Waals surface area (Å²) in [5, 5.41) is 22.6. The van der Waals surface area contributed by atoms with E-state index in [1.165, 1.54) is 57.8 Å². The molecule has 2 fully saturated rings. The molecule has 3 aromatic rings. The minimum absolute atomic E-state index is 0.572. The maximum atomic E-state index is 4.88. The van der Waals surface area contributed by atoms with Crippen molar-refractivity contribution in [2.24, 2.45) is 0 Å². The van der Waals surface area contributed by atoms with Gasteiger partial charge in [0.2, 0.25) is 5.95 Å². The Morgan fingerprint density at radius 3 is 2.67 bits per heavy atom. The van der Waals surface area contributed by atoms with E-state index in [1.807, 2.05) is 10.9 Å². The Labute approximate surface area is 218 Å². The zero-order chi connectivity index (χ0) is 24.4. The highest BCUT2D eigenvalue weighted by Gasteiger charge is 2.18. The molecule has 36 heavy (non-hydrogen) atoms. The summed E-state index contributed by atoms with van der Waals surface area (Å²) in [5.41, 5.74) is 0.908. The average Bonchev–Trinajstić information content (AvgIpc) is 3.59. The number of anilines is 2. The number of thiophene rings is 1. The van der Waals surface area contributed by atoms with Crippen molar-refractivity contribution < 1.29 is 0 Å². The van der Waals surface area contributed by atoms with E-state index in [0.29, 0.717) is 12.5 Å². The molecule has 0 unspecified atom stereocenters. The number of hydrogen-bond acceptors (Lipinski definition) is 9. The molecule has 1 aliphatic heterocycles. The quantitative estimate of drug-likeness (QED) is 0.294. The lowest BCUT2D eigenvalue weighted by Gasteiger charge is -2.28. The third kappa shape index (κ3) is 7.14. The van der Waals surface area contributed by atoms with Gasteiger partial charge in [-0.15, -0.1) is 16.4 Å². The molecule has 3 aromatic heterocycles. The molecular weight excluding hydrogens is 470 g/mol. The third-order valence-corrected chi connectivity index (χ3v) is 8.09. The van der Waals surface area contributed by atoms with Gasteiger partial charge in [-0.25, -0.2) is 4.98 Å². The molecule has 3 N–H and O–H groups in total. The summed E-state index contributed by atoms with van der Waals surface area (Å²) in [6.45, 7) is 6.79. The predicted molar refractivity (Wildman–Crippen MR) is 148 cm³/mol. The first-order valence-corrected chi connectivity index (χ1v) is 14.8. The Kier molecular flexibility index (Phi) is 9.37. The topological polar surface area (TPSA) is 95.8 Å². The largest absolute Gasteiger partial charge is 0.356 e. The van der Waals surface area contributed by atoms with Crippen LogP contribution in [0.4, 0.5) is 11.8 Å². The minimum Gasteiger partial charge on any atom is -0.356 e. The zero-order valence-electron chi connectivity index (χ0n) is 21.4. The van der Waals surface area contributed by atoms with E-state index < -0.39 is 0 Å².